The van der Waals surface area contributed by atoms with Gasteiger partial charge in [-0.05, 0) is 201 Å². The number of hydrogen-bond acceptors (Lipinski definition) is 18. The Morgan fingerprint density at radius 1 is 0.425 bits per heavy atom. The van der Waals surface area contributed by atoms with Crippen molar-refractivity contribution >= 4 is 84.3 Å². The van der Waals surface area contributed by atoms with E-state index in [9.17, 15) is 65.5 Å². The first kappa shape index (κ1) is 91.4. The molecule has 10 N–H and O–H groups in total. The minimum atomic E-state index is -1.06. The second kappa shape index (κ2) is 43.6. The Kier molecular flexibility index (Phi) is 35.2. The van der Waals surface area contributed by atoms with E-state index in [0.29, 0.717) is 134 Å². The molecule has 3 aliphatic carbocycles. The highest BCUT2D eigenvalue weighted by Gasteiger charge is 2.34. The van der Waals surface area contributed by atoms with Crippen LogP contribution in [0.2, 0.25) is 0 Å². The van der Waals surface area contributed by atoms with Crippen LogP contribution in [-0.4, -0.2) is 219 Å². The Morgan fingerprint density at radius 3 is 0.894 bits per heavy atom. The SMILES string of the molecule is CC(C)(C)OC(=O)NC/C(=C\F)COc1ccc2c(c1)CCN(CC(=O)NC1CC1)C2=O.CC(C)(C)OC(=O)NC/C(=C\F)COc1ccc2c(c1)CCN(CC(=O)O)C2=O.Cl.Cl.NC/C(=C\F)COc1ccc2c(c1)CCN(CC(=O)NC1CC1)C2=O.NC/C(=C\F)COc1ccc2c(c1)CCN(CC(=O)NC1CC1)C2=O. The average Bonchev–Trinajstić information content (AvgIpc) is 1.06. The molecule has 34 heteroatoms. The van der Waals surface area contributed by atoms with Crippen LogP contribution in [0, 0.1) is 0 Å². The van der Waals surface area contributed by atoms with E-state index in [1.807, 2.05) is 0 Å². The monoisotopic (exact) mass is 1620 g/mol. The number of halogens is 6. The average molecular weight is 1620 g/mol. The standard InChI is InChI=1S/C23H30FN3O5.C20H25FN2O6.2C18H22FN3O3.2ClH/c1-23(2,3)32-22(30)25-12-15(11-24)14-31-18-6-7-19-16(10-18)8-9-27(21(19)29)13-20(28)26-17-4-5-17;1-20(2,3)29-19(27)22-10-13(9-21)12-28-15-4-5-16-14(8-15)6-7-23(18(16)26)11-17(24)25;2*19-8-12(9-20)11-25-15-3-4-16-13(7-15)5-6-22(18(16)24)10-17(23)21-14-1-2-14;;/h6-7,10-11,17H,4-5,8-9,12-14H2,1-3H3,(H,25,30)(H,26,28);4-5,8-9H,6-7,10-12H2,1-3H3,(H,22,27)(H,24,25);2*3-4,7-8,14H,1-2,5-6,9-11,20H2,(H,21,23);2*1H/b15-11+;13-9+;2*12-8+;;. The van der Waals surface area contributed by atoms with Gasteiger partial charge in [0.1, 0.15) is 67.2 Å². The summed E-state index contributed by atoms with van der Waals surface area (Å²) < 4.78 is 83.7. The van der Waals surface area contributed by atoms with E-state index in [4.69, 9.17) is 45.0 Å². The molecule has 4 aromatic carbocycles. The van der Waals surface area contributed by atoms with Gasteiger partial charge >= 0.3 is 18.2 Å². The molecule has 0 unspecified atom stereocenters. The third kappa shape index (κ3) is 30.2. The summed E-state index contributed by atoms with van der Waals surface area (Å²) in [6.07, 6.45) is 8.85. The minimum Gasteiger partial charge on any atom is -0.489 e. The number of aliphatic carboxylic acids is 1. The number of carbonyl (C=O) groups is 10. The molecule has 0 saturated heterocycles. The highest BCUT2D eigenvalue weighted by atomic mass is 35.5. The zero-order valence-electron chi connectivity index (χ0n) is 64.1. The summed E-state index contributed by atoms with van der Waals surface area (Å²) in [7, 11) is 0. The van der Waals surface area contributed by atoms with Crippen LogP contribution in [0.15, 0.2) is 120 Å². The molecule has 4 aliphatic heterocycles. The number of amides is 9. The number of alkyl carbamates (subject to hydrolysis) is 2. The van der Waals surface area contributed by atoms with Gasteiger partial charge in [0.25, 0.3) is 23.6 Å². The second-order valence-electron chi connectivity index (χ2n) is 29.4. The largest absolute Gasteiger partial charge is 0.489 e. The molecular formula is C79H101Cl2F4N11O17. The summed E-state index contributed by atoms with van der Waals surface area (Å²) in [5, 5.41) is 22.5. The quantitative estimate of drug-likeness (QED) is 0.0236. The van der Waals surface area contributed by atoms with Crippen LogP contribution in [-0.2, 0) is 54.3 Å². The van der Waals surface area contributed by atoms with Crippen LogP contribution < -0.4 is 57.0 Å². The maximum atomic E-state index is 13.2. The van der Waals surface area contributed by atoms with Crippen molar-refractivity contribution in [1.82, 2.24) is 46.2 Å². The van der Waals surface area contributed by atoms with Gasteiger partial charge < -0.3 is 91.2 Å². The normalized spacial score (nSPS) is 15.9. The molecule has 11 rings (SSSR count). The Morgan fingerprint density at radius 2 is 0.673 bits per heavy atom. The van der Waals surface area contributed by atoms with Gasteiger partial charge in [0, 0.05) is 115 Å². The van der Waals surface area contributed by atoms with Gasteiger partial charge in [-0.15, -0.1) is 24.8 Å². The van der Waals surface area contributed by atoms with Crippen molar-refractivity contribution in [1.29, 1.82) is 0 Å². The van der Waals surface area contributed by atoms with Gasteiger partial charge in [-0.25, -0.2) is 27.2 Å². The fourth-order valence-corrected chi connectivity index (χ4v) is 11.4. The number of benzene rings is 4. The van der Waals surface area contributed by atoms with E-state index in [0.717, 1.165) is 60.8 Å². The number of carboxylic acids is 1. The summed E-state index contributed by atoms with van der Waals surface area (Å²) in [5.74, 6) is -0.150. The molecule has 0 spiro atoms. The molecule has 0 bridgehead atoms. The molecule has 0 aromatic heterocycles. The first-order valence-electron chi connectivity index (χ1n) is 36.7. The Balaban J connectivity index is 0.000000234. The molecule has 0 atom stereocenters. The highest BCUT2D eigenvalue weighted by Crippen LogP contribution is 2.30. The minimum absolute atomic E-state index is 0. The smallest absolute Gasteiger partial charge is 0.407 e. The van der Waals surface area contributed by atoms with E-state index in [-0.39, 0.29) is 174 Å². The van der Waals surface area contributed by atoms with Crippen molar-refractivity contribution in [3.63, 3.8) is 0 Å². The molecular weight excluding hydrogens is 1520 g/mol. The lowest BCUT2D eigenvalue weighted by Crippen LogP contribution is -2.44. The summed E-state index contributed by atoms with van der Waals surface area (Å²) in [4.78, 5) is 126. The van der Waals surface area contributed by atoms with E-state index in [1.54, 1.807) is 129 Å². The summed E-state index contributed by atoms with van der Waals surface area (Å²) >= 11 is 0. The number of hydrogen-bond donors (Lipinski definition) is 8. The number of carbonyl (C=O) groups excluding carboxylic acids is 9. The van der Waals surface area contributed by atoms with Crippen molar-refractivity contribution in [3.8, 4) is 23.0 Å². The number of fused-ring (bicyclic) bond motifs is 4. The topological polar surface area (TPSA) is 371 Å². The van der Waals surface area contributed by atoms with Crippen LogP contribution >= 0.6 is 24.8 Å². The number of nitrogens with zero attached hydrogens (tertiary/aromatic N) is 4. The fourth-order valence-electron chi connectivity index (χ4n) is 11.4. The predicted octanol–water partition coefficient (Wildman–Crippen LogP) is 8.40. The van der Waals surface area contributed by atoms with E-state index < -0.39 is 29.4 Å². The molecule has 7 aliphatic rings. The molecule has 9 amide bonds. The first-order chi connectivity index (χ1) is 52.9. The molecule has 4 heterocycles. The lowest BCUT2D eigenvalue weighted by Gasteiger charge is -2.28. The number of nitrogens with two attached hydrogens (primary N) is 2. The van der Waals surface area contributed by atoms with Gasteiger partial charge in [-0.2, -0.15) is 0 Å². The summed E-state index contributed by atoms with van der Waals surface area (Å²) in [5.41, 5.74) is 16.1. The van der Waals surface area contributed by atoms with Crippen molar-refractivity contribution in [3.05, 3.63) is 165 Å². The van der Waals surface area contributed by atoms with Crippen molar-refractivity contribution in [2.45, 2.75) is 135 Å². The molecule has 28 nitrogen and oxygen atoms in total. The van der Waals surface area contributed by atoms with Crippen LogP contribution in [0.1, 0.15) is 144 Å². The van der Waals surface area contributed by atoms with Crippen LogP contribution in [0.5, 0.6) is 23.0 Å². The lowest BCUT2D eigenvalue weighted by atomic mass is 9.98. The maximum absolute atomic E-state index is 13.2. The van der Waals surface area contributed by atoms with Crippen molar-refractivity contribution in [2.75, 3.05) is 105 Å². The Hall–Kier alpha value is -10.4. The molecule has 3 fully saturated rings. The van der Waals surface area contributed by atoms with E-state index in [1.165, 1.54) is 4.90 Å². The number of ether oxygens (including phenoxy) is 6. The fraction of sp³-hybridized carbons (Fsp3) is 0.468. The Labute approximate surface area is 665 Å². The van der Waals surface area contributed by atoms with Crippen LogP contribution in [0.4, 0.5) is 27.2 Å². The number of rotatable bonds is 29. The van der Waals surface area contributed by atoms with Gasteiger partial charge in [0.15, 0.2) is 0 Å². The van der Waals surface area contributed by atoms with Gasteiger partial charge in [-0.1, -0.05) is 0 Å². The van der Waals surface area contributed by atoms with E-state index in [2.05, 4.69) is 26.6 Å². The summed E-state index contributed by atoms with van der Waals surface area (Å²) in [6.45, 7) is 12.1. The van der Waals surface area contributed by atoms with Crippen molar-refractivity contribution < 1.29 is 99.0 Å². The first-order valence-corrected chi connectivity index (χ1v) is 36.7. The summed E-state index contributed by atoms with van der Waals surface area (Å²) in [6, 6.07) is 21.0. The zero-order valence-corrected chi connectivity index (χ0v) is 65.7. The van der Waals surface area contributed by atoms with Gasteiger partial charge in [0.05, 0.1) is 45.0 Å². The van der Waals surface area contributed by atoms with Gasteiger partial charge in [0.2, 0.25) is 17.7 Å². The number of nitrogens with one attached hydrogen (secondary N) is 5. The number of carboxylic acid groups (broad SMARTS) is 1. The third-order valence-electron chi connectivity index (χ3n) is 17.7. The maximum Gasteiger partial charge on any atom is 0.407 e. The Bertz CT molecular complexity index is 4060. The molecule has 113 heavy (non-hydrogen) atoms. The predicted molar refractivity (Wildman–Crippen MR) is 415 cm³/mol. The zero-order chi connectivity index (χ0) is 80.5. The van der Waals surface area contributed by atoms with Gasteiger partial charge in [-0.3, -0.25) is 38.4 Å². The molecule has 0 radical (unpaired) electrons. The lowest BCUT2D eigenvalue weighted by molar-refractivity contribution is -0.137. The molecule has 616 valence electrons. The van der Waals surface area contributed by atoms with E-state index >= 15 is 0 Å². The van der Waals surface area contributed by atoms with Crippen LogP contribution in [0.3, 0.4) is 0 Å². The van der Waals surface area contributed by atoms with Crippen molar-refractivity contribution in [2.24, 2.45) is 11.5 Å². The molecule has 3 saturated carbocycles. The van der Waals surface area contributed by atoms with Crippen LogP contribution in [0.25, 0.3) is 0 Å². The third-order valence-corrected chi connectivity index (χ3v) is 17.7. The highest BCUT2D eigenvalue weighted by molar-refractivity contribution is 6.01. The second-order valence-corrected chi connectivity index (χ2v) is 29.4. The molecule has 4 aromatic rings.